The topological polar surface area (TPSA) is 111 Å². The van der Waals surface area contributed by atoms with Crippen molar-refractivity contribution in [3.8, 4) is 22.8 Å². The number of aromatic hydroxyl groups is 2. The molecule has 0 atom stereocenters. The summed E-state index contributed by atoms with van der Waals surface area (Å²) >= 11 is 0. The van der Waals surface area contributed by atoms with Gasteiger partial charge in [0.2, 0.25) is 0 Å². The maximum Gasteiger partial charge on any atom is 0.289 e. The van der Waals surface area contributed by atoms with Crippen LogP contribution in [0.2, 0.25) is 0 Å². The van der Waals surface area contributed by atoms with Gasteiger partial charge in [0.25, 0.3) is 5.91 Å². The minimum absolute atomic E-state index is 0.0580. The summed E-state index contributed by atoms with van der Waals surface area (Å²) in [4.78, 5) is 12.2. The van der Waals surface area contributed by atoms with Crippen molar-refractivity contribution < 1.29 is 15.0 Å². The van der Waals surface area contributed by atoms with E-state index in [4.69, 9.17) is 0 Å². The van der Waals surface area contributed by atoms with E-state index in [1.54, 1.807) is 6.07 Å². The summed E-state index contributed by atoms with van der Waals surface area (Å²) in [5, 5.41) is 31.9. The largest absolute Gasteiger partial charge is 0.508 e. The molecule has 0 fully saturated rings. The minimum Gasteiger partial charge on any atom is -0.508 e. The molecule has 7 nitrogen and oxygen atoms in total. The fraction of sp³-hybridized carbons (Fsp3) is 0. The van der Waals surface area contributed by atoms with E-state index in [0.717, 1.165) is 16.3 Å². The van der Waals surface area contributed by atoms with E-state index < -0.39 is 5.91 Å². The van der Waals surface area contributed by atoms with E-state index in [1.807, 2.05) is 42.5 Å². The molecule has 4 rings (SSSR count). The number of H-pyrrole nitrogens is 1. The molecule has 0 unspecified atom stereocenters. The minimum atomic E-state index is -0.464. The number of carbonyl (C=O) groups is 1. The summed E-state index contributed by atoms with van der Waals surface area (Å²) in [5.41, 5.74) is 4.53. The van der Waals surface area contributed by atoms with Crippen LogP contribution in [-0.2, 0) is 0 Å². The SMILES string of the molecule is O=C(N/N=C\c1ccc(O)cc1O)c1cc(-c2ccc3ccccc3c2)n[nH]1. The molecule has 138 valence electrons. The number of phenolic OH excluding ortho intramolecular Hbond substituents is 2. The number of benzene rings is 3. The fourth-order valence-corrected chi connectivity index (χ4v) is 2.80. The Kier molecular flexibility index (Phi) is 4.47. The molecular formula is C21H16N4O3. The first-order valence-electron chi connectivity index (χ1n) is 8.50. The number of aromatic nitrogens is 2. The van der Waals surface area contributed by atoms with E-state index in [2.05, 4.69) is 20.7 Å². The molecule has 28 heavy (non-hydrogen) atoms. The number of hydrazone groups is 1. The number of hydrogen-bond acceptors (Lipinski definition) is 5. The molecule has 0 aliphatic heterocycles. The molecular weight excluding hydrogens is 356 g/mol. The number of hydrogen-bond donors (Lipinski definition) is 4. The van der Waals surface area contributed by atoms with Gasteiger partial charge < -0.3 is 10.2 Å². The molecule has 4 aromatic rings. The van der Waals surface area contributed by atoms with Crippen LogP contribution in [0.4, 0.5) is 0 Å². The van der Waals surface area contributed by atoms with Gasteiger partial charge in [-0.05, 0) is 35.0 Å². The van der Waals surface area contributed by atoms with E-state index in [0.29, 0.717) is 11.3 Å². The smallest absolute Gasteiger partial charge is 0.289 e. The summed E-state index contributed by atoms with van der Waals surface area (Å²) in [6.07, 6.45) is 1.29. The highest BCUT2D eigenvalue weighted by Crippen LogP contribution is 2.23. The van der Waals surface area contributed by atoms with E-state index in [-0.39, 0.29) is 17.2 Å². The average molecular weight is 372 g/mol. The first-order valence-corrected chi connectivity index (χ1v) is 8.50. The number of nitrogens with zero attached hydrogens (tertiary/aromatic N) is 2. The lowest BCUT2D eigenvalue weighted by atomic mass is 10.1. The first-order chi connectivity index (χ1) is 13.6. The molecule has 7 heteroatoms. The van der Waals surface area contributed by atoms with Gasteiger partial charge in [-0.1, -0.05) is 36.4 Å². The van der Waals surface area contributed by atoms with Crippen LogP contribution < -0.4 is 5.43 Å². The third kappa shape index (κ3) is 3.54. The number of nitrogens with one attached hydrogen (secondary N) is 2. The zero-order chi connectivity index (χ0) is 19.5. The van der Waals surface area contributed by atoms with Gasteiger partial charge in [-0.25, -0.2) is 5.43 Å². The van der Waals surface area contributed by atoms with Crippen LogP contribution in [0.15, 0.2) is 71.8 Å². The van der Waals surface area contributed by atoms with E-state index in [1.165, 1.54) is 24.4 Å². The molecule has 4 N–H and O–H groups in total. The normalized spacial score (nSPS) is 11.1. The number of aromatic amines is 1. The average Bonchev–Trinajstić information content (AvgIpc) is 3.19. The lowest BCUT2D eigenvalue weighted by Gasteiger charge is -2.00. The van der Waals surface area contributed by atoms with Gasteiger partial charge in [0.15, 0.2) is 0 Å². The van der Waals surface area contributed by atoms with Crippen LogP contribution in [0, 0.1) is 0 Å². The van der Waals surface area contributed by atoms with Crippen LogP contribution in [0.3, 0.4) is 0 Å². The number of amides is 1. The Morgan fingerprint density at radius 2 is 1.82 bits per heavy atom. The Morgan fingerprint density at radius 3 is 2.64 bits per heavy atom. The van der Waals surface area contributed by atoms with Crippen LogP contribution in [0.5, 0.6) is 11.5 Å². The van der Waals surface area contributed by atoms with Crippen LogP contribution >= 0.6 is 0 Å². The predicted molar refractivity (Wildman–Crippen MR) is 106 cm³/mol. The van der Waals surface area contributed by atoms with Gasteiger partial charge in [-0.2, -0.15) is 10.2 Å². The molecule has 3 aromatic carbocycles. The lowest BCUT2D eigenvalue weighted by molar-refractivity contribution is 0.0950. The molecule has 0 saturated carbocycles. The fourth-order valence-electron chi connectivity index (χ4n) is 2.80. The van der Waals surface area contributed by atoms with Crippen molar-refractivity contribution >= 4 is 22.9 Å². The van der Waals surface area contributed by atoms with Crippen molar-refractivity contribution in [1.29, 1.82) is 0 Å². The number of carbonyl (C=O) groups excluding carboxylic acids is 1. The van der Waals surface area contributed by atoms with Gasteiger partial charge in [0, 0.05) is 17.2 Å². The highest BCUT2D eigenvalue weighted by molar-refractivity contribution is 5.95. The van der Waals surface area contributed by atoms with Gasteiger partial charge in [0.05, 0.1) is 11.9 Å². The van der Waals surface area contributed by atoms with Crippen molar-refractivity contribution in [2.45, 2.75) is 0 Å². The van der Waals surface area contributed by atoms with Gasteiger partial charge in [-0.15, -0.1) is 0 Å². The molecule has 1 heterocycles. The molecule has 0 aliphatic carbocycles. The van der Waals surface area contributed by atoms with Crippen LogP contribution in [-0.4, -0.2) is 32.5 Å². The van der Waals surface area contributed by atoms with Crippen molar-refractivity contribution in [1.82, 2.24) is 15.6 Å². The van der Waals surface area contributed by atoms with E-state index >= 15 is 0 Å². The Morgan fingerprint density at radius 1 is 1.00 bits per heavy atom. The molecule has 0 saturated heterocycles. The molecule has 1 aromatic heterocycles. The van der Waals surface area contributed by atoms with Crippen molar-refractivity contribution in [2.75, 3.05) is 0 Å². The summed E-state index contributed by atoms with van der Waals surface area (Å²) < 4.78 is 0. The number of phenols is 2. The monoisotopic (exact) mass is 372 g/mol. The second-order valence-electron chi connectivity index (χ2n) is 6.17. The second-order valence-corrected chi connectivity index (χ2v) is 6.17. The standard InChI is InChI=1S/C21H16N4O3/c26-17-8-7-16(20(27)10-17)12-22-25-21(28)19-11-18(23-24-19)15-6-5-13-3-1-2-4-14(13)9-15/h1-12,26-27H,(H,23,24)(H,25,28)/b22-12-. The summed E-state index contributed by atoms with van der Waals surface area (Å²) in [7, 11) is 0. The Labute approximate surface area is 160 Å². The predicted octanol–water partition coefficient (Wildman–Crippen LogP) is 3.41. The van der Waals surface area contributed by atoms with Crippen molar-refractivity contribution in [3.63, 3.8) is 0 Å². The Hall–Kier alpha value is -4.13. The van der Waals surface area contributed by atoms with Gasteiger partial charge in [0.1, 0.15) is 17.2 Å². The third-order valence-corrected chi connectivity index (χ3v) is 4.25. The summed E-state index contributed by atoms with van der Waals surface area (Å²) in [6, 6.07) is 19.7. The van der Waals surface area contributed by atoms with Gasteiger partial charge in [-0.3, -0.25) is 9.89 Å². The zero-order valence-electron chi connectivity index (χ0n) is 14.6. The highest BCUT2D eigenvalue weighted by atomic mass is 16.3. The Bertz CT molecular complexity index is 1200. The van der Waals surface area contributed by atoms with Crippen LogP contribution in [0.1, 0.15) is 16.1 Å². The first kappa shape index (κ1) is 17.3. The maximum atomic E-state index is 12.2. The molecule has 0 radical (unpaired) electrons. The van der Waals surface area contributed by atoms with Gasteiger partial charge >= 0.3 is 0 Å². The Balaban J connectivity index is 1.48. The quantitative estimate of drug-likeness (QED) is 0.325. The van der Waals surface area contributed by atoms with Crippen molar-refractivity contribution in [3.05, 3.63) is 78.0 Å². The van der Waals surface area contributed by atoms with E-state index in [9.17, 15) is 15.0 Å². The zero-order valence-corrected chi connectivity index (χ0v) is 14.6. The highest BCUT2D eigenvalue weighted by Gasteiger charge is 2.11. The molecule has 1 amide bonds. The maximum absolute atomic E-state index is 12.2. The summed E-state index contributed by atoms with van der Waals surface area (Å²) in [5.74, 6) is -0.662. The van der Waals surface area contributed by atoms with Crippen LogP contribution in [0.25, 0.3) is 22.0 Å². The number of rotatable bonds is 4. The molecule has 0 aliphatic rings. The van der Waals surface area contributed by atoms with Crippen molar-refractivity contribution in [2.24, 2.45) is 5.10 Å². The second kappa shape index (κ2) is 7.24. The summed E-state index contributed by atoms with van der Waals surface area (Å²) in [6.45, 7) is 0. The third-order valence-electron chi connectivity index (χ3n) is 4.25. The molecule has 0 bridgehead atoms. The lowest BCUT2D eigenvalue weighted by Crippen LogP contribution is -2.18. The molecule has 0 spiro atoms. The number of fused-ring (bicyclic) bond motifs is 1.